The Morgan fingerprint density at radius 2 is 2.17 bits per heavy atom. The van der Waals surface area contributed by atoms with Gasteiger partial charge in [0.1, 0.15) is 23.8 Å². The van der Waals surface area contributed by atoms with Crippen LogP contribution in [-0.4, -0.2) is 11.4 Å². The van der Waals surface area contributed by atoms with E-state index in [0.717, 1.165) is 22.1 Å². The molecule has 4 nitrogen and oxygen atoms in total. The number of ether oxygens (including phenoxy) is 1. The van der Waals surface area contributed by atoms with Crippen molar-refractivity contribution >= 4 is 22.2 Å². The highest BCUT2D eigenvalue weighted by molar-refractivity contribution is 9.10. The molecule has 1 aromatic carbocycles. The van der Waals surface area contributed by atoms with Crippen molar-refractivity contribution in [2.45, 2.75) is 20.5 Å². The van der Waals surface area contributed by atoms with Gasteiger partial charge in [-0.05, 0) is 31.5 Å². The average Bonchev–Trinajstić information content (AvgIpc) is 2.73. The molecule has 2 rings (SSSR count). The third-order valence-corrected chi connectivity index (χ3v) is 2.89. The monoisotopic (exact) mass is 309 g/mol. The number of hydrogen-bond acceptors (Lipinski definition) is 4. The number of aldehydes is 1. The highest BCUT2D eigenvalue weighted by Crippen LogP contribution is 2.27. The summed E-state index contributed by atoms with van der Waals surface area (Å²) in [6, 6.07) is 5.43. The summed E-state index contributed by atoms with van der Waals surface area (Å²) in [5.41, 5.74) is 2.11. The van der Waals surface area contributed by atoms with Gasteiger partial charge in [0, 0.05) is 10.5 Å². The van der Waals surface area contributed by atoms with Crippen molar-refractivity contribution in [1.29, 1.82) is 0 Å². The molecule has 0 spiro atoms. The Labute approximate surface area is 113 Å². The van der Waals surface area contributed by atoms with E-state index in [0.29, 0.717) is 17.0 Å². The largest absolute Gasteiger partial charge is 0.486 e. The Bertz CT molecular complexity index is 578. The molecule has 0 amide bonds. The molecule has 94 valence electrons. The fourth-order valence-electron chi connectivity index (χ4n) is 1.67. The summed E-state index contributed by atoms with van der Waals surface area (Å²) in [5, 5.41) is 3.84. The van der Waals surface area contributed by atoms with Crippen LogP contribution in [0.25, 0.3) is 0 Å². The van der Waals surface area contributed by atoms with Gasteiger partial charge >= 0.3 is 0 Å². The number of halogens is 1. The molecule has 18 heavy (non-hydrogen) atoms. The van der Waals surface area contributed by atoms with E-state index >= 15 is 0 Å². The van der Waals surface area contributed by atoms with Crippen LogP contribution in [0.2, 0.25) is 0 Å². The van der Waals surface area contributed by atoms with Gasteiger partial charge in [0.2, 0.25) is 0 Å². The minimum atomic E-state index is 0.278. The van der Waals surface area contributed by atoms with Gasteiger partial charge in [0.15, 0.2) is 6.29 Å². The third kappa shape index (κ3) is 2.79. The van der Waals surface area contributed by atoms with Crippen LogP contribution in [0.15, 0.2) is 27.2 Å². The molecule has 0 saturated carbocycles. The van der Waals surface area contributed by atoms with Crippen LogP contribution in [0.5, 0.6) is 5.75 Å². The maximum absolute atomic E-state index is 11.0. The number of aryl methyl sites for hydroxylation is 2. The first-order valence-corrected chi connectivity index (χ1v) is 6.20. The fraction of sp³-hybridized carbons (Fsp3) is 0.231. The molecule has 1 aromatic heterocycles. The number of hydrogen-bond donors (Lipinski definition) is 0. The first-order chi connectivity index (χ1) is 8.60. The molecule has 0 bridgehead atoms. The van der Waals surface area contributed by atoms with E-state index in [4.69, 9.17) is 9.26 Å². The second-order valence-electron chi connectivity index (χ2n) is 3.98. The van der Waals surface area contributed by atoms with E-state index in [2.05, 4.69) is 21.1 Å². The van der Waals surface area contributed by atoms with Crippen LogP contribution in [0, 0.1) is 13.8 Å². The quantitative estimate of drug-likeness (QED) is 0.812. The number of aromatic nitrogens is 1. The molecule has 0 radical (unpaired) electrons. The van der Waals surface area contributed by atoms with E-state index in [9.17, 15) is 4.79 Å². The normalized spacial score (nSPS) is 10.4. The molecule has 0 aliphatic carbocycles. The van der Waals surface area contributed by atoms with E-state index in [1.807, 2.05) is 19.9 Å². The van der Waals surface area contributed by atoms with Crippen molar-refractivity contribution in [2.75, 3.05) is 0 Å². The van der Waals surface area contributed by atoms with Crippen LogP contribution >= 0.6 is 15.9 Å². The van der Waals surface area contributed by atoms with Gasteiger partial charge in [-0.15, -0.1) is 0 Å². The van der Waals surface area contributed by atoms with Gasteiger partial charge in [0.25, 0.3) is 0 Å². The number of carbonyl (C=O) groups excluding carboxylic acids is 1. The zero-order valence-corrected chi connectivity index (χ0v) is 11.7. The lowest BCUT2D eigenvalue weighted by Gasteiger charge is -2.10. The van der Waals surface area contributed by atoms with E-state index in [-0.39, 0.29) is 6.61 Å². The van der Waals surface area contributed by atoms with Gasteiger partial charge < -0.3 is 9.26 Å². The standard InChI is InChI=1S/C13H12BrNO3/c1-8-3-11(14)5-10(6-16)13(8)17-7-12-4-9(2)18-15-12/h3-6H,7H2,1-2H3. The minimum Gasteiger partial charge on any atom is -0.486 e. The Hall–Kier alpha value is -1.62. The minimum absolute atomic E-state index is 0.278. The summed E-state index contributed by atoms with van der Waals surface area (Å²) in [4.78, 5) is 11.0. The SMILES string of the molecule is Cc1cc(COc2c(C)cc(Br)cc2C=O)no1. The van der Waals surface area contributed by atoms with E-state index in [1.54, 1.807) is 12.1 Å². The lowest BCUT2D eigenvalue weighted by molar-refractivity contribution is 0.111. The molecule has 1 heterocycles. The fourth-order valence-corrected chi connectivity index (χ4v) is 2.26. The van der Waals surface area contributed by atoms with Crippen molar-refractivity contribution in [1.82, 2.24) is 5.16 Å². The van der Waals surface area contributed by atoms with Gasteiger partial charge in [-0.2, -0.15) is 0 Å². The zero-order valence-electron chi connectivity index (χ0n) is 10.1. The lowest BCUT2D eigenvalue weighted by atomic mass is 10.1. The number of carbonyl (C=O) groups is 1. The molecule has 0 fully saturated rings. The van der Waals surface area contributed by atoms with Crippen molar-refractivity contribution in [3.63, 3.8) is 0 Å². The van der Waals surface area contributed by atoms with Crippen LogP contribution in [-0.2, 0) is 6.61 Å². The summed E-state index contributed by atoms with van der Waals surface area (Å²) in [5.74, 6) is 1.31. The molecule has 0 unspecified atom stereocenters. The number of nitrogens with zero attached hydrogens (tertiary/aromatic N) is 1. The Morgan fingerprint density at radius 3 is 2.78 bits per heavy atom. The molecular formula is C13H12BrNO3. The van der Waals surface area contributed by atoms with Gasteiger partial charge in [0.05, 0.1) is 5.56 Å². The Balaban J connectivity index is 2.20. The molecule has 0 saturated heterocycles. The Kier molecular flexibility index (Phi) is 3.81. The molecular weight excluding hydrogens is 298 g/mol. The van der Waals surface area contributed by atoms with Crippen LogP contribution in [0.4, 0.5) is 0 Å². The molecule has 0 aliphatic rings. The molecule has 5 heteroatoms. The lowest BCUT2D eigenvalue weighted by Crippen LogP contribution is -2.00. The highest BCUT2D eigenvalue weighted by Gasteiger charge is 2.10. The second-order valence-corrected chi connectivity index (χ2v) is 4.89. The topological polar surface area (TPSA) is 52.3 Å². The maximum atomic E-state index is 11.0. The summed E-state index contributed by atoms with van der Waals surface area (Å²) in [7, 11) is 0. The molecule has 0 aliphatic heterocycles. The average molecular weight is 310 g/mol. The predicted molar refractivity (Wildman–Crippen MR) is 69.8 cm³/mol. The van der Waals surface area contributed by atoms with Gasteiger partial charge in [-0.1, -0.05) is 21.1 Å². The zero-order chi connectivity index (χ0) is 13.1. The summed E-state index contributed by atoms with van der Waals surface area (Å²) >= 11 is 3.35. The molecule has 2 aromatic rings. The van der Waals surface area contributed by atoms with Crippen LogP contribution in [0.1, 0.15) is 27.4 Å². The van der Waals surface area contributed by atoms with E-state index in [1.165, 1.54) is 0 Å². The predicted octanol–water partition coefficient (Wildman–Crippen LogP) is 3.45. The van der Waals surface area contributed by atoms with Gasteiger partial charge in [-0.25, -0.2) is 0 Å². The first-order valence-electron chi connectivity index (χ1n) is 5.40. The van der Waals surface area contributed by atoms with Crippen LogP contribution < -0.4 is 4.74 Å². The summed E-state index contributed by atoms with van der Waals surface area (Å²) < 4.78 is 11.4. The Morgan fingerprint density at radius 1 is 1.39 bits per heavy atom. The van der Waals surface area contributed by atoms with Gasteiger partial charge in [-0.3, -0.25) is 4.79 Å². The maximum Gasteiger partial charge on any atom is 0.153 e. The summed E-state index contributed by atoms with van der Waals surface area (Å²) in [6.07, 6.45) is 0.779. The van der Waals surface area contributed by atoms with Crippen LogP contribution in [0.3, 0.4) is 0 Å². The van der Waals surface area contributed by atoms with E-state index < -0.39 is 0 Å². The molecule has 0 N–H and O–H groups in total. The number of rotatable bonds is 4. The third-order valence-electron chi connectivity index (χ3n) is 2.44. The van der Waals surface area contributed by atoms with Crippen molar-refractivity contribution < 1.29 is 14.1 Å². The summed E-state index contributed by atoms with van der Waals surface area (Å²) in [6.45, 7) is 3.99. The second kappa shape index (κ2) is 5.35. The van der Waals surface area contributed by atoms with Crippen molar-refractivity contribution in [3.8, 4) is 5.75 Å². The first kappa shape index (κ1) is 12.8. The highest BCUT2D eigenvalue weighted by atomic mass is 79.9. The smallest absolute Gasteiger partial charge is 0.153 e. The molecule has 0 atom stereocenters. The number of benzene rings is 1. The van der Waals surface area contributed by atoms with Crippen molar-refractivity contribution in [2.24, 2.45) is 0 Å². The van der Waals surface area contributed by atoms with Crippen molar-refractivity contribution in [3.05, 3.63) is 45.3 Å².